The normalized spacial score (nSPS) is 30.3. The van der Waals surface area contributed by atoms with Crippen molar-refractivity contribution >= 4 is 40.2 Å². The molecule has 4 aliphatic heterocycles. The van der Waals surface area contributed by atoms with Crippen LogP contribution in [0.25, 0.3) is 10.8 Å². The monoisotopic (exact) mass is 649 g/mol. The van der Waals surface area contributed by atoms with E-state index in [-0.39, 0.29) is 37.9 Å². The van der Waals surface area contributed by atoms with Gasteiger partial charge in [-0.25, -0.2) is 0 Å². The second-order valence-corrected chi connectivity index (χ2v) is 12.8. The van der Waals surface area contributed by atoms with Crippen molar-refractivity contribution in [3.63, 3.8) is 0 Å². The standard InChI is InChI=1S/C38H39N3O7/c1-2-27(23-42)41-34-36(45)40(28-18-17-24-11-6-7-14-26(24)21-28)20-10-19-38(34)33(35(41)44)32-29(48-38)15-8-9-16-31(43)39-22-30(47-37(32)46)25-12-4-3-5-13-25/h3-8,10-15,17-19,21,27,29-30,32-34,42H,2,9,16,20,22-23H2,1H3,(H,39,43)/b15-8-/t27-,29+,30-,32-,33-,34+,38-/m0/s1. The summed E-state index contributed by atoms with van der Waals surface area (Å²) in [6.07, 6.45) is 6.41. The van der Waals surface area contributed by atoms with Gasteiger partial charge in [0.15, 0.2) is 0 Å². The van der Waals surface area contributed by atoms with Crippen LogP contribution in [-0.4, -0.2) is 77.2 Å². The Morgan fingerprint density at radius 3 is 2.50 bits per heavy atom. The Hall–Kier alpha value is -4.80. The Morgan fingerprint density at radius 2 is 1.73 bits per heavy atom. The lowest BCUT2D eigenvalue weighted by molar-refractivity contribution is -0.160. The summed E-state index contributed by atoms with van der Waals surface area (Å²) in [5.41, 5.74) is -0.139. The largest absolute Gasteiger partial charge is 0.455 e. The summed E-state index contributed by atoms with van der Waals surface area (Å²) in [6, 6.07) is 21.0. The first-order valence-electron chi connectivity index (χ1n) is 16.6. The number of rotatable bonds is 5. The Kier molecular flexibility index (Phi) is 8.61. The summed E-state index contributed by atoms with van der Waals surface area (Å²) in [5.74, 6) is -3.79. The number of cyclic esters (lactones) is 1. The van der Waals surface area contributed by atoms with Gasteiger partial charge in [-0.2, -0.15) is 0 Å². The summed E-state index contributed by atoms with van der Waals surface area (Å²) < 4.78 is 12.9. The van der Waals surface area contributed by atoms with Gasteiger partial charge in [-0.1, -0.05) is 91.9 Å². The maximum atomic E-state index is 14.8. The number of aliphatic hydroxyl groups is 1. The predicted molar refractivity (Wildman–Crippen MR) is 178 cm³/mol. The Balaban J connectivity index is 1.32. The van der Waals surface area contributed by atoms with Crippen molar-refractivity contribution in [2.24, 2.45) is 11.8 Å². The van der Waals surface area contributed by atoms with Crippen LogP contribution in [0, 0.1) is 11.8 Å². The molecule has 7 atom stereocenters. The first-order chi connectivity index (χ1) is 23.4. The Morgan fingerprint density at radius 1 is 0.958 bits per heavy atom. The zero-order chi connectivity index (χ0) is 33.4. The van der Waals surface area contributed by atoms with Gasteiger partial charge in [0.2, 0.25) is 11.8 Å². The van der Waals surface area contributed by atoms with Gasteiger partial charge in [0.1, 0.15) is 23.7 Å². The molecule has 0 radical (unpaired) electrons. The van der Waals surface area contributed by atoms with Crippen molar-refractivity contribution < 1.29 is 33.8 Å². The third-order valence-corrected chi connectivity index (χ3v) is 10.1. The first kappa shape index (κ1) is 31.8. The fourth-order valence-corrected chi connectivity index (χ4v) is 7.73. The smallest absolute Gasteiger partial charge is 0.313 e. The average molecular weight is 650 g/mol. The highest BCUT2D eigenvalue weighted by Gasteiger charge is 2.72. The summed E-state index contributed by atoms with van der Waals surface area (Å²) in [6.45, 7) is 1.78. The lowest BCUT2D eigenvalue weighted by Gasteiger charge is -2.38. The molecule has 0 bridgehead atoms. The average Bonchev–Trinajstić information content (AvgIpc) is 3.49. The van der Waals surface area contributed by atoms with Gasteiger partial charge in [0.25, 0.3) is 5.91 Å². The molecule has 0 aliphatic carbocycles. The van der Waals surface area contributed by atoms with Crippen LogP contribution in [0.5, 0.6) is 0 Å². The number of aliphatic hydroxyl groups excluding tert-OH is 1. The number of fused-ring (bicyclic) bond motifs is 3. The number of carbonyl (C=O) groups excluding carboxylic acids is 4. The molecule has 248 valence electrons. The van der Waals surface area contributed by atoms with Crippen LogP contribution in [0.3, 0.4) is 0 Å². The predicted octanol–water partition coefficient (Wildman–Crippen LogP) is 3.85. The van der Waals surface area contributed by atoms with Crippen molar-refractivity contribution in [3.05, 3.63) is 103 Å². The van der Waals surface area contributed by atoms with Crippen LogP contribution in [-0.2, 0) is 28.7 Å². The number of likely N-dealkylation sites (tertiary alicyclic amines) is 1. The molecule has 7 rings (SSSR count). The minimum Gasteiger partial charge on any atom is -0.455 e. The number of anilines is 1. The topological polar surface area (TPSA) is 125 Å². The zero-order valence-corrected chi connectivity index (χ0v) is 26.7. The van der Waals surface area contributed by atoms with E-state index in [9.17, 15) is 24.3 Å². The number of esters is 1. The van der Waals surface area contributed by atoms with Gasteiger partial charge in [0, 0.05) is 18.7 Å². The molecule has 4 aliphatic rings. The molecule has 0 aromatic heterocycles. The van der Waals surface area contributed by atoms with Crippen LogP contribution in [0.15, 0.2) is 97.1 Å². The summed E-state index contributed by atoms with van der Waals surface area (Å²) in [4.78, 5) is 59.6. The van der Waals surface area contributed by atoms with Gasteiger partial charge in [-0.15, -0.1) is 0 Å². The van der Waals surface area contributed by atoms with Crippen molar-refractivity contribution in [2.45, 2.75) is 56.1 Å². The molecule has 2 saturated heterocycles. The molecule has 10 heteroatoms. The number of benzene rings is 3. The third-order valence-electron chi connectivity index (χ3n) is 10.1. The fourth-order valence-electron chi connectivity index (χ4n) is 7.73. The number of nitrogens with one attached hydrogen (secondary N) is 1. The van der Waals surface area contributed by atoms with E-state index in [2.05, 4.69) is 5.32 Å². The molecular weight excluding hydrogens is 610 g/mol. The van der Waals surface area contributed by atoms with Gasteiger partial charge >= 0.3 is 5.97 Å². The van der Waals surface area contributed by atoms with Gasteiger partial charge in [-0.3, -0.25) is 19.2 Å². The number of hydrogen-bond acceptors (Lipinski definition) is 7. The SMILES string of the molecule is CC[C@@H](CO)N1C(=O)[C@@H]2[C@H]3C(=O)O[C@H](c4ccccc4)CNC(=O)CC/C=C\[C@H]3O[C@@]23C=CCN(c2ccc4ccccc4c2)C(=O)[C@@H]13. The van der Waals surface area contributed by atoms with E-state index in [0.717, 1.165) is 10.8 Å². The highest BCUT2D eigenvalue weighted by molar-refractivity contribution is 6.06. The van der Waals surface area contributed by atoms with Crippen molar-refractivity contribution in [2.75, 3.05) is 24.6 Å². The highest BCUT2D eigenvalue weighted by Crippen LogP contribution is 2.54. The lowest BCUT2D eigenvalue weighted by atomic mass is 9.77. The number of hydrogen-bond donors (Lipinski definition) is 2. The fraction of sp³-hybridized carbons (Fsp3) is 0.368. The number of carbonyl (C=O) groups is 4. The van der Waals surface area contributed by atoms with E-state index in [1.54, 1.807) is 23.1 Å². The van der Waals surface area contributed by atoms with Crippen LogP contribution in [0.2, 0.25) is 0 Å². The highest BCUT2D eigenvalue weighted by atomic mass is 16.6. The molecule has 48 heavy (non-hydrogen) atoms. The van der Waals surface area contributed by atoms with E-state index >= 15 is 0 Å². The summed E-state index contributed by atoms with van der Waals surface area (Å²) in [7, 11) is 0. The van der Waals surface area contributed by atoms with E-state index in [4.69, 9.17) is 9.47 Å². The van der Waals surface area contributed by atoms with Gasteiger partial charge in [0.05, 0.1) is 31.2 Å². The van der Waals surface area contributed by atoms with E-state index in [0.29, 0.717) is 24.1 Å². The number of amides is 3. The van der Waals surface area contributed by atoms with Crippen LogP contribution >= 0.6 is 0 Å². The number of nitrogens with zero attached hydrogens (tertiary/aromatic N) is 2. The zero-order valence-electron chi connectivity index (χ0n) is 26.7. The van der Waals surface area contributed by atoms with Crippen LogP contribution < -0.4 is 10.2 Å². The molecule has 0 unspecified atom stereocenters. The molecule has 0 saturated carbocycles. The van der Waals surface area contributed by atoms with E-state index in [1.807, 2.05) is 85.8 Å². The molecule has 10 nitrogen and oxygen atoms in total. The van der Waals surface area contributed by atoms with E-state index < -0.39 is 53.6 Å². The van der Waals surface area contributed by atoms with Gasteiger partial charge in [-0.05, 0) is 41.3 Å². The minimum absolute atomic E-state index is 0.0661. The quantitative estimate of drug-likeness (QED) is 0.318. The molecule has 3 aromatic rings. The third kappa shape index (κ3) is 5.38. The second-order valence-electron chi connectivity index (χ2n) is 12.8. The number of ether oxygens (including phenoxy) is 2. The van der Waals surface area contributed by atoms with Crippen molar-refractivity contribution in [1.29, 1.82) is 0 Å². The molecule has 1 spiro atoms. The second kappa shape index (κ2) is 13.0. The summed E-state index contributed by atoms with van der Waals surface area (Å²) >= 11 is 0. The maximum Gasteiger partial charge on any atom is 0.313 e. The maximum absolute atomic E-state index is 14.8. The number of allylic oxidation sites excluding steroid dienone is 1. The molecule has 3 aromatic carbocycles. The molecular formula is C38H39N3O7. The summed E-state index contributed by atoms with van der Waals surface area (Å²) in [5, 5.41) is 15.3. The lowest BCUT2D eigenvalue weighted by Crippen LogP contribution is -2.58. The Bertz CT molecular complexity index is 1790. The van der Waals surface area contributed by atoms with Crippen LogP contribution in [0.4, 0.5) is 5.69 Å². The van der Waals surface area contributed by atoms with Crippen molar-refractivity contribution in [3.8, 4) is 0 Å². The minimum atomic E-state index is -1.50. The molecule has 3 amide bonds. The van der Waals surface area contributed by atoms with Gasteiger partial charge < -0.3 is 29.7 Å². The molecule has 2 N–H and O–H groups in total. The van der Waals surface area contributed by atoms with Crippen molar-refractivity contribution in [1.82, 2.24) is 10.2 Å². The van der Waals surface area contributed by atoms with Crippen LogP contribution in [0.1, 0.15) is 37.9 Å². The first-order valence-corrected chi connectivity index (χ1v) is 16.6. The molecule has 4 heterocycles. The molecule has 2 fully saturated rings. The Labute approximate surface area is 279 Å². The van der Waals surface area contributed by atoms with E-state index in [1.165, 1.54) is 4.90 Å².